The summed E-state index contributed by atoms with van der Waals surface area (Å²) in [5.41, 5.74) is 2.15. The standard InChI is InChI=1S/C22H21ClN2O4S2/c1-15(26)16-5-9-20(10-6-16)31(28,29)25(2)13-21(27)24-22(18-11-12-30-14-18)17-3-7-19(23)8-4-17/h3-12,14,22H,13H2,1-2H3,(H,24,27). The summed E-state index contributed by atoms with van der Waals surface area (Å²) in [5, 5.41) is 7.33. The van der Waals surface area contributed by atoms with Crippen LogP contribution in [0.2, 0.25) is 5.02 Å². The number of hydrogen-bond acceptors (Lipinski definition) is 5. The summed E-state index contributed by atoms with van der Waals surface area (Å²) in [6.07, 6.45) is 0. The van der Waals surface area contributed by atoms with Crippen molar-refractivity contribution >= 4 is 44.7 Å². The van der Waals surface area contributed by atoms with E-state index in [4.69, 9.17) is 11.6 Å². The van der Waals surface area contributed by atoms with E-state index in [1.165, 1.54) is 49.6 Å². The first-order valence-electron chi connectivity index (χ1n) is 9.33. The number of benzene rings is 2. The minimum Gasteiger partial charge on any atom is -0.344 e. The van der Waals surface area contributed by atoms with Crippen molar-refractivity contribution < 1.29 is 18.0 Å². The van der Waals surface area contributed by atoms with E-state index in [0.717, 1.165) is 15.4 Å². The Kier molecular flexibility index (Phi) is 7.27. The fourth-order valence-corrected chi connectivity index (χ4v) is 4.93. The molecule has 0 fully saturated rings. The van der Waals surface area contributed by atoms with Crippen LogP contribution >= 0.6 is 22.9 Å². The summed E-state index contributed by atoms with van der Waals surface area (Å²) in [6.45, 7) is 1.05. The van der Waals surface area contributed by atoms with Gasteiger partial charge in [-0.2, -0.15) is 15.6 Å². The molecule has 1 N–H and O–H groups in total. The lowest BCUT2D eigenvalue weighted by Gasteiger charge is -2.21. The lowest BCUT2D eigenvalue weighted by atomic mass is 10.0. The zero-order valence-electron chi connectivity index (χ0n) is 16.9. The molecule has 1 heterocycles. The van der Waals surface area contributed by atoms with Gasteiger partial charge >= 0.3 is 0 Å². The molecule has 9 heteroatoms. The average Bonchev–Trinajstić information content (AvgIpc) is 3.27. The number of halogens is 1. The normalized spacial score (nSPS) is 12.5. The van der Waals surface area contributed by atoms with Crippen LogP contribution in [0.3, 0.4) is 0 Å². The molecule has 162 valence electrons. The fourth-order valence-electron chi connectivity index (χ4n) is 2.99. The van der Waals surface area contributed by atoms with Crippen molar-refractivity contribution in [3.63, 3.8) is 0 Å². The zero-order chi connectivity index (χ0) is 22.6. The Morgan fingerprint density at radius 2 is 1.68 bits per heavy atom. The smallest absolute Gasteiger partial charge is 0.243 e. The Labute approximate surface area is 190 Å². The van der Waals surface area contributed by atoms with E-state index in [9.17, 15) is 18.0 Å². The molecular formula is C22H21ClN2O4S2. The first-order chi connectivity index (χ1) is 14.7. The molecule has 0 saturated carbocycles. The molecule has 0 bridgehead atoms. The SMILES string of the molecule is CC(=O)c1ccc(S(=O)(=O)N(C)CC(=O)NC(c2ccc(Cl)cc2)c2ccsc2)cc1. The molecule has 1 unspecified atom stereocenters. The number of carbonyl (C=O) groups is 2. The molecule has 0 spiro atoms. The van der Waals surface area contributed by atoms with Crippen molar-refractivity contribution in [1.29, 1.82) is 0 Å². The van der Waals surface area contributed by atoms with Crippen molar-refractivity contribution in [2.24, 2.45) is 0 Å². The number of ketones is 1. The van der Waals surface area contributed by atoms with Crippen molar-refractivity contribution in [1.82, 2.24) is 9.62 Å². The fraction of sp³-hybridized carbons (Fsp3) is 0.182. The highest BCUT2D eigenvalue weighted by atomic mass is 35.5. The maximum Gasteiger partial charge on any atom is 0.243 e. The number of likely N-dealkylation sites (N-methyl/N-ethyl adjacent to an activating group) is 1. The molecule has 6 nitrogen and oxygen atoms in total. The van der Waals surface area contributed by atoms with E-state index in [0.29, 0.717) is 10.6 Å². The van der Waals surface area contributed by atoms with E-state index >= 15 is 0 Å². The molecule has 1 atom stereocenters. The van der Waals surface area contributed by atoms with Crippen LogP contribution in [0.15, 0.2) is 70.3 Å². The lowest BCUT2D eigenvalue weighted by Crippen LogP contribution is -2.40. The van der Waals surface area contributed by atoms with Gasteiger partial charge in [-0.1, -0.05) is 35.9 Å². The van der Waals surface area contributed by atoms with Gasteiger partial charge in [-0.05, 0) is 59.1 Å². The average molecular weight is 477 g/mol. The molecule has 0 aliphatic heterocycles. The number of nitrogens with one attached hydrogen (secondary N) is 1. The Bertz CT molecular complexity index is 1160. The Morgan fingerprint density at radius 3 is 2.23 bits per heavy atom. The molecule has 0 saturated heterocycles. The highest BCUT2D eigenvalue weighted by molar-refractivity contribution is 7.89. The van der Waals surface area contributed by atoms with Gasteiger partial charge in [0, 0.05) is 17.6 Å². The van der Waals surface area contributed by atoms with Crippen LogP contribution in [0, 0.1) is 0 Å². The second kappa shape index (κ2) is 9.74. The molecule has 0 aliphatic rings. The van der Waals surface area contributed by atoms with Crippen LogP contribution < -0.4 is 5.32 Å². The molecule has 1 amide bonds. The Hall–Kier alpha value is -2.52. The van der Waals surface area contributed by atoms with Crippen molar-refractivity contribution in [2.45, 2.75) is 17.9 Å². The van der Waals surface area contributed by atoms with Gasteiger partial charge in [-0.3, -0.25) is 9.59 Å². The van der Waals surface area contributed by atoms with E-state index in [1.807, 2.05) is 29.0 Å². The van der Waals surface area contributed by atoms with Gasteiger partial charge in [-0.15, -0.1) is 0 Å². The number of nitrogens with zero attached hydrogens (tertiary/aromatic N) is 1. The second-order valence-electron chi connectivity index (χ2n) is 6.95. The van der Waals surface area contributed by atoms with Gasteiger partial charge in [0.1, 0.15) is 0 Å². The van der Waals surface area contributed by atoms with Gasteiger partial charge < -0.3 is 5.32 Å². The van der Waals surface area contributed by atoms with Gasteiger partial charge in [0.25, 0.3) is 0 Å². The lowest BCUT2D eigenvalue weighted by molar-refractivity contribution is -0.121. The number of Topliss-reactive ketones (excluding diaryl/α,β-unsaturated/α-hetero) is 1. The second-order valence-corrected chi connectivity index (χ2v) is 10.2. The van der Waals surface area contributed by atoms with Crippen LogP contribution in [0.4, 0.5) is 0 Å². The number of amides is 1. The first-order valence-corrected chi connectivity index (χ1v) is 12.1. The van der Waals surface area contributed by atoms with Crippen molar-refractivity contribution in [2.75, 3.05) is 13.6 Å². The van der Waals surface area contributed by atoms with Gasteiger partial charge in [0.15, 0.2) is 5.78 Å². The number of hydrogen-bond donors (Lipinski definition) is 1. The summed E-state index contributed by atoms with van der Waals surface area (Å²) in [5.74, 6) is -0.601. The van der Waals surface area contributed by atoms with Crippen LogP contribution in [-0.4, -0.2) is 38.0 Å². The quantitative estimate of drug-likeness (QED) is 0.495. The van der Waals surface area contributed by atoms with Gasteiger partial charge in [-0.25, -0.2) is 8.42 Å². The number of thiophene rings is 1. The number of sulfonamides is 1. The third-order valence-corrected chi connectivity index (χ3v) is 7.49. The summed E-state index contributed by atoms with van der Waals surface area (Å²) in [4.78, 5) is 24.2. The molecule has 3 rings (SSSR count). The largest absolute Gasteiger partial charge is 0.344 e. The maximum absolute atomic E-state index is 12.8. The molecule has 1 aromatic heterocycles. The maximum atomic E-state index is 12.8. The number of rotatable bonds is 8. The topological polar surface area (TPSA) is 83.6 Å². The van der Waals surface area contributed by atoms with Crippen LogP contribution in [0.25, 0.3) is 0 Å². The molecule has 0 aliphatic carbocycles. The highest BCUT2D eigenvalue weighted by Gasteiger charge is 2.25. The van der Waals surface area contributed by atoms with Crippen LogP contribution in [0.1, 0.15) is 34.5 Å². The highest BCUT2D eigenvalue weighted by Crippen LogP contribution is 2.25. The molecular weight excluding hydrogens is 456 g/mol. The summed E-state index contributed by atoms with van der Waals surface area (Å²) >= 11 is 7.48. The van der Waals surface area contributed by atoms with Crippen LogP contribution in [-0.2, 0) is 14.8 Å². The minimum atomic E-state index is -3.89. The Balaban J connectivity index is 1.75. The van der Waals surface area contributed by atoms with Crippen molar-refractivity contribution in [3.05, 3.63) is 87.1 Å². The predicted octanol–water partition coefficient (Wildman–Crippen LogP) is 4.13. The Morgan fingerprint density at radius 1 is 1.03 bits per heavy atom. The van der Waals surface area contributed by atoms with Gasteiger partial charge in [0.2, 0.25) is 15.9 Å². The molecule has 3 aromatic rings. The zero-order valence-corrected chi connectivity index (χ0v) is 19.3. The summed E-state index contributed by atoms with van der Waals surface area (Å²) < 4.78 is 26.6. The first kappa shape index (κ1) is 23.1. The third kappa shape index (κ3) is 5.59. The van der Waals surface area contributed by atoms with E-state index in [-0.39, 0.29) is 17.2 Å². The monoisotopic (exact) mass is 476 g/mol. The minimum absolute atomic E-state index is 0.0138. The predicted molar refractivity (Wildman–Crippen MR) is 122 cm³/mol. The number of carbonyl (C=O) groups excluding carboxylic acids is 2. The van der Waals surface area contributed by atoms with Gasteiger partial charge in [0.05, 0.1) is 17.5 Å². The third-order valence-electron chi connectivity index (χ3n) is 4.72. The molecule has 0 radical (unpaired) electrons. The van der Waals surface area contributed by atoms with E-state index in [1.54, 1.807) is 12.1 Å². The van der Waals surface area contributed by atoms with E-state index < -0.39 is 22.0 Å². The van der Waals surface area contributed by atoms with Crippen molar-refractivity contribution in [3.8, 4) is 0 Å². The molecule has 2 aromatic carbocycles. The summed E-state index contributed by atoms with van der Waals surface area (Å²) in [6, 6.07) is 14.2. The summed E-state index contributed by atoms with van der Waals surface area (Å²) in [7, 11) is -2.55. The van der Waals surface area contributed by atoms with Crippen LogP contribution in [0.5, 0.6) is 0 Å². The molecule has 31 heavy (non-hydrogen) atoms. The van der Waals surface area contributed by atoms with E-state index in [2.05, 4.69) is 5.32 Å².